The fourth-order valence-corrected chi connectivity index (χ4v) is 1.66. The third-order valence-electron chi connectivity index (χ3n) is 2.89. The molecule has 14 heavy (non-hydrogen) atoms. The molecule has 1 rings (SSSR count). The second-order valence-electron chi connectivity index (χ2n) is 4.11. The SMILES string of the molecule is C.Cc1nc(C(C)C)c(C)c(C)c1C. The van der Waals surface area contributed by atoms with Crippen LogP contribution in [0.4, 0.5) is 0 Å². The molecule has 0 aliphatic heterocycles. The molecule has 0 atom stereocenters. The van der Waals surface area contributed by atoms with Crippen LogP contribution in [-0.4, -0.2) is 4.98 Å². The fourth-order valence-electron chi connectivity index (χ4n) is 1.66. The summed E-state index contributed by atoms with van der Waals surface area (Å²) < 4.78 is 0. The average Bonchev–Trinajstić information content (AvgIpc) is 2.07. The Labute approximate surface area is 88.6 Å². The number of hydrogen-bond donors (Lipinski definition) is 0. The molecule has 0 aromatic carbocycles. The first-order valence-electron chi connectivity index (χ1n) is 4.89. The minimum Gasteiger partial charge on any atom is -0.257 e. The lowest BCUT2D eigenvalue weighted by molar-refractivity contribution is 0.796. The topological polar surface area (TPSA) is 12.9 Å². The van der Waals surface area contributed by atoms with Crippen molar-refractivity contribution in [1.29, 1.82) is 0 Å². The van der Waals surface area contributed by atoms with E-state index in [1.54, 1.807) is 0 Å². The maximum Gasteiger partial charge on any atom is 0.0464 e. The fraction of sp³-hybridized carbons (Fsp3) is 0.615. The molecule has 0 aliphatic carbocycles. The van der Waals surface area contributed by atoms with Gasteiger partial charge in [0.2, 0.25) is 0 Å². The summed E-state index contributed by atoms with van der Waals surface area (Å²) >= 11 is 0. The number of rotatable bonds is 1. The van der Waals surface area contributed by atoms with Crippen LogP contribution >= 0.6 is 0 Å². The quantitative estimate of drug-likeness (QED) is 0.655. The number of aromatic nitrogens is 1. The Morgan fingerprint density at radius 2 is 1.36 bits per heavy atom. The molecule has 0 radical (unpaired) electrons. The highest BCUT2D eigenvalue weighted by atomic mass is 14.7. The molecular weight excluding hydrogens is 170 g/mol. The van der Waals surface area contributed by atoms with Crippen molar-refractivity contribution in [3.05, 3.63) is 28.1 Å². The zero-order valence-electron chi connectivity index (χ0n) is 9.52. The summed E-state index contributed by atoms with van der Waals surface area (Å²) in [5.41, 5.74) is 6.52. The van der Waals surface area contributed by atoms with Crippen LogP contribution in [0.15, 0.2) is 0 Å². The summed E-state index contributed by atoms with van der Waals surface area (Å²) in [6.07, 6.45) is 0. The smallest absolute Gasteiger partial charge is 0.0464 e. The molecule has 0 spiro atoms. The summed E-state index contributed by atoms with van der Waals surface area (Å²) in [6.45, 7) is 13.0. The molecule has 0 amide bonds. The number of hydrogen-bond acceptors (Lipinski definition) is 1. The molecular formula is C13H23N. The van der Waals surface area contributed by atoms with Crippen molar-refractivity contribution in [2.75, 3.05) is 0 Å². The van der Waals surface area contributed by atoms with Crippen LogP contribution in [0, 0.1) is 27.7 Å². The lowest BCUT2D eigenvalue weighted by atomic mass is 9.97. The first-order valence-corrected chi connectivity index (χ1v) is 4.89. The van der Waals surface area contributed by atoms with Gasteiger partial charge in [0, 0.05) is 11.4 Å². The molecule has 1 heteroatoms. The Morgan fingerprint density at radius 3 is 1.79 bits per heavy atom. The van der Waals surface area contributed by atoms with Crippen LogP contribution in [-0.2, 0) is 0 Å². The van der Waals surface area contributed by atoms with E-state index in [1.807, 2.05) is 0 Å². The zero-order chi connectivity index (χ0) is 10.2. The number of pyridine rings is 1. The van der Waals surface area contributed by atoms with Crippen molar-refractivity contribution in [1.82, 2.24) is 4.98 Å². The Balaban J connectivity index is 0.00000169. The van der Waals surface area contributed by atoms with Crippen molar-refractivity contribution < 1.29 is 0 Å². The molecule has 0 unspecified atom stereocenters. The van der Waals surface area contributed by atoms with E-state index in [4.69, 9.17) is 0 Å². The summed E-state index contributed by atoms with van der Waals surface area (Å²) in [5, 5.41) is 0. The van der Waals surface area contributed by atoms with Crippen molar-refractivity contribution in [3.63, 3.8) is 0 Å². The third-order valence-corrected chi connectivity index (χ3v) is 2.89. The predicted molar refractivity (Wildman–Crippen MR) is 64.0 cm³/mol. The maximum atomic E-state index is 4.63. The summed E-state index contributed by atoms with van der Waals surface area (Å²) in [6, 6.07) is 0. The van der Waals surface area contributed by atoms with E-state index in [2.05, 4.69) is 46.5 Å². The monoisotopic (exact) mass is 193 g/mol. The zero-order valence-corrected chi connectivity index (χ0v) is 9.52. The Hall–Kier alpha value is -0.850. The molecule has 0 saturated heterocycles. The molecule has 1 aromatic rings. The third kappa shape index (κ3) is 2.14. The van der Waals surface area contributed by atoms with Crippen LogP contribution in [0.3, 0.4) is 0 Å². The van der Waals surface area contributed by atoms with Crippen LogP contribution < -0.4 is 0 Å². The second kappa shape index (κ2) is 4.59. The highest BCUT2D eigenvalue weighted by Crippen LogP contribution is 2.23. The molecule has 0 N–H and O–H groups in total. The van der Waals surface area contributed by atoms with Crippen LogP contribution in [0.25, 0.3) is 0 Å². The van der Waals surface area contributed by atoms with Gasteiger partial charge >= 0.3 is 0 Å². The largest absolute Gasteiger partial charge is 0.257 e. The van der Waals surface area contributed by atoms with Gasteiger partial charge in [-0.3, -0.25) is 4.98 Å². The molecule has 1 aromatic heterocycles. The van der Waals surface area contributed by atoms with Crippen molar-refractivity contribution >= 4 is 0 Å². The number of nitrogens with zero attached hydrogens (tertiary/aromatic N) is 1. The second-order valence-corrected chi connectivity index (χ2v) is 4.11. The van der Waals surface area contributed by atoms with E-state index in [1.165, 1.54) is 28.1 Å². The van der Waals surface area contributed by atoms with E-state index < -0.39 is 0 Å². The Morgan fingerprint density at radius 1 is 0.857 bits per heavy atom. The molecule has 0 fully saturated rings. The van der Waals surface area contributed by atoms with Crippen LogP contribution in [0.1, 0.15) is 55.3 Å². The normalized spacial score (nSPS) is 10.2. The van der Waals surface area contributed by atoms with Gasteiger partial charge < -0.3 is 0 Å². The van der Waals surface area contributed by atoms with Gasteiger partial charge in [-0.2, -0.15) is 0 Å². The van der Waals surface area contributed by atoms with E-state index in [-0.39, 0.29) is 7.43 Å². The van der Waals surface area contributed by atoms with Crippen molar-refractivity contribution in [3.8, 4) is 0 Å². The Kier molecular flexibility index (Phi) is 4.31. The first-order chi connectivity index (χ1) is 5.95. The summed E-state index contributed by atoms with van der Waals surface area (Å²) in [4.78, 5) is 4.63. The molecule has 1 heterocycles. The van der Waals surface area contributed by atoms with E-state index >= 15 is 0 Å². The minimum absolute atomic E-state index is 0. The van der Waals surface area contributed by atoms with E-state index in [0.29, 0.717) is 5.92 Å². The van der Waals surface area contributed by atoms with Crippen molar-refractivity contribution in [2.45, 2.75) is 54.9 Å². The molecule has 80 valence electrons. The van der Waals surface area contributed by atoms with Crippen LogP contribution in [0.2, 0.25) is 0 Å². The van der Waals surface area contributed by atoms with Crippen LogP contribution in [0.5, 0.6) is 0 Å². The standard InChI is InChI=1S/C12H19N.CH4/c1-7(2)12-10(5)8(3)9(4)11(6)13-12;/h7H,1-6H3;1H4. The summed E-state index contributed by atoms with van der Waals surface area (Å²) in [7, 11) is 0. The van der Waals surface area contributed by atoms with E-state index in [9.17, 15) is 0 Å². The average molecular weight is 193 g/mol. The first kappa shape index (κ1) is 13.2. The molecule has 1 nitrogen and oxygen atoms in total. The highest BCUT2D eigenvalue weighted by Gasteiger charge is 2.10. The van der Waals surface area contributed by atoms with Gasteiger partial charge in [0.15, 0.2) is 0 Å². The van der Waals surface area contributed by atoms with Gasteiger partial charge in [-0.05, 0) is 50.3 Å². The van der Waals surface area contributed by atoms with Gasteiger partial charge in [-0.1, -0.05) is 21.3 Å². The van der Waals surface area contributed by atoms with Crippen molar-refractivity contribution in [2.24, 2.45) is 0 Å². The minimum atomic E-state index is 0. The lowest BCUT2D eigenvalue weighted by Gasteiger charge is -2.15. The van der Waals surface area contributed by atoms with Gasteiger partial charge in [0.25, 0.3) is 0 Å². The lowest BCUT2D eigenvalue weighted by Crippen LogP contribution is -2.03. The maximum absolute atomic E-state index is 4.63. The molecule has 0 aliphatic rings. The van der Waals surface area contributed by atoms with Gasteiger partial charge in [-0.25, -0.2) is 0 Å². The predicted octanol–water partition coefficient (Wildman–Crippen LogP) is 4.07. The van der Waals surface area contributed by atoms with Gasteiger partial charge in [-0.15, -0.1) is 0 Å². The van der Waals surface area contributed by atoms with E-state index in [0.717, 1.165) is 0 Å². The summed E-state index contributed by atoms with van der Waals surface area (Å²) in [5.74, 6) is 0.526. The highest BCUT2D eigenvalue weighted by molar-refractivity contribution is 5.38. The molecule has 0 bridgehead atoms. The Bertz CT molecular complexity index is 324. The molecule has 0 saturated carbocycles. The van der Waals surface area contributed by atoms with Gasteiger partial charge in [0.1, 0.15) is 0 Å². The van der Waals surface area contributed by atoms with Gasteiger partial charge in [0.05, 0.1) is 0 Å². The number of aryl methyl sites for hydroxylation is 1.